The third-order valence-electron chi connectivity index (χ3n) is 2.92. The van der Waals surface area contributed by atoms with E-state index in [1.54, 1.807) is 11.8 Å². The van der Waals surface area contributed by atoms with Crippen molar-refractivity contribution >= 4 is 23.5 Å². The summed E-state index contributed by atoms with van der Waals surface area (Å²) in [5.41, 5.74) is 0. The summed E-state index contributed by atoms with van der Waals surface area (Å²) in [6.45, 7) is 8.00. The molecular weight excluding hydrogens is 282 g/mol. The van der Waals surface area contributed by atoms with Crippen LogP contribution in [0.25, 0.3) is 0 Å². The van der Waals surface area contributed by atoms with Gasteiger partial charge in [0.1, 0.15) is 0 Å². The molecule has 0 atom stereocenters. The molecule has 8 heteroatoms. The van der Waals surface area contributed by atoms with E-state index in [1.165, 1.54) is 0 Å². The van der Waals surface area contributed by atoms with Crippen molar-refractivity contribution in [2.24, 2.45) is 0 Å². The number of halogens is 1. The van der Waals surface area contributed by atoms with E-state index in [1.807, 2.05) is 18.7 Å². The van der Waals surface area contributed by atoms with Gasteiger partial charge in [-0.2, -0.15) is 15.0 Å². The van der Waals surface area contributed by atoms with Gasteiger partial charge < -0.3 is 14.5 Å². The predicted octanol–water partition coefficient (Wildman–Crippen LogP) is 0.981. The van der Waals surface area contributed by atoms with Crippen molar-refractivity contribution in [1.82, 2.24) is 19.9 Å². The van der Waals surface area contributed by atoms with E-state index in [0.29, 0.717) is 32.1 Å². The van der Waals surface area contributed by atoms with Gasteiger partial charge in [0.15, 0.2) is 0 Å². The zero-order chi connectivity index (χ0) is 14.7. The van der Waals surface area contributed by atoms with E-state index in [-0.39, 0.29) is 23.3 Å². The number of anilines is 1. The molecule has 2 heterocycles. The molecule has 2 rings (SSSR count). The van der Waals surface area contributed by atoms with Crippen LogP contribution in [0, 0.1) is 0 Å². The number of carbonyl (C=O) groups is 1. The van der Waals surface area contributed by atoms with E-state index in [2.05, 4.69) is 15.0 Å². The van der Waals surface area contributed by atoms with Crippen molar-refractivity contribution in [3.63, 3.8) is 0 Å². The average molecular weight is 300 g/mol. The van der Waals surface area contributed by atoms with Crippen LogP contribution in [0.3, 0.4) is 0 Å². The van der Waals surface area contributed by atoms with E-state index in [9.17, 15) is 4.79 Å². The first-order valence-electron chi connectivity index (χ1n) is 6.54. The highest BCUT2D eigenvalue weighted by Gasteiger charge is 2.21. The Hall–Kier alpha value is -1.63. The van der Waals surface area contributed by atoms with Crippen LogP contribution in [0.1, 0.15) is 20.8 Å². The van der Waals surface area contributed by atoms with Gasteiger partial charge in [-0.05, 0) is 25.4 Å². The molecule has 1 amide bonds. The molecule has 110 valence electrons. The van der Waals surface area contributed by atoms with Crippen molar-refractivity contribution in [3.8, 4) is 6.01 Å². The Morgan fingerprint density at radius 3 is 2.40 bits per heavy atom. The Morgan fingerprint density at radius 1 is 1.20 bits per heavy atom. The molecule has 0 spiro atoms. The molecule has 0 aliphatic carbocycles. The Kier molecular flexibility index (Phi) is 4.59. The second-order valence-electron chi connectivity index (χ2n) is 4.85. The molecular formula is C12H18ClN5O2. The van der Waals surface area contributed by atoms with Gasteiger partial charge in [-0.1, -0.05) is 0 Å². The minimum Gasteiger partial charge on any atom is -0.461 e. The van der Waals surface area contributed by atoms with Crippen LogP contribution in [0.2, 0.25) is 5.28 Å². The molecule has 1 aromatic rings. The summed E-state index contributed by atoms with van der Waals surface area (Å²) in [5.74, 6) is 0.575. The molecule has 0 unspecified atom stereocenters. The lowest BCUT2D eigenvalue weighted by Crippen LogP contribution is -2.48. The van der Waals surface area contributed by atoms with E-state index < -0.39 is 0 Å². The highest BCUT2D eigenvalue weighted by molar-refractivity contribution is 6.28. The molecule has 1 aliphatic heterocycles. The lowest BCUT2D eigenvalue weighted by Gasteiger charge is -2.34. The van der Waals surface area contributed by atoms with Crippen LogP contribution in [0.5, 0.6) is 6.01 Å². The Bertz CT molecular complexity index is 489. The van der Waals surface area contributed by atoms with Crippen LogP contribution in [-0.2, 0) is 4.79 Å². The van der Waals surface area contributed by atoms with Crippen molar-refractivity contribution in [2.75, 3.05) is 31.1 Å². The van der Waals surface area contributed by atoms with Gasteiger partial charge in [0.05, 0.1) is 6.10 Å². The highest BCUT2D eigenvalue weighted by Crippen LogP contribution is 2.17. The van der Waals surface area contributed by atoms with Gasteiger partial charge in [0.25, 0.3) is 0 Å². The smallest absolute Gasteiger partial charge is 0.322 e. The molecule has 0 radical (unpaired) electrons. The summed E-state index contributed by atoms with van der Waals surface area (Å²) in [4.78, 5) is 27.4. The molecule has 0 aromatic carbocycles. The fraction of sp³-hybridized carbons (Fsp3) is 0.667. The number of piperazine rings is 1. The second-order valence-corrected chi connectivity index (χ2v) is 5.18. The van der Waals surface area contributed by atoms with Crippen LogP contribution in [0.4, 0.5) is 5.95 Å². The summed E-state index contributed by atoms with van der Waals surface area (Å²) in [6.07, 6.45) is -0.0316. The molecule has 1 aliphatic rings. The van der Waals surface area contributed by atoms with E-state index in [0.717, 1.165) is 0 Å². The monoisotopic (exact) mass is 299 g/mol. The fourth-order valence-electron chi connectivity index (χ4n) is 1.95. The van der Waals surface area contributed by atoms with Crippen molar-refractivity contribution in [3.05, 3.63) is 5.28 Å². The maximum Gasteiger partial charge on any atom is 0.322 e. The SMILES string of the molecule is CC(=O)N1CCN(c2nc(Cl)nc(OC(C)C)n2)CC1. The number of nitrogens with zero attached hydrogens (tertiary/aromatic N) is 5. The normalized spacial score (nSPS) is 15.7. The Morgan fingerprint density at radius 2 is 1.85 bits per heavy atom. The molecule has 1 fully saturated rings. The van der Waals surface area contributed by atoms with Gasteiger partial charge in [-0.3, -0.25) is 4.79 Å². The van der Waals surface area contributed by atoms with Gasteiger partial charge in [-0.25, -0.2) is 0 Å². The van der Waals surface area contributed by atoms with Crippen LogP contribution in [0.15, 0.2) is 0 Å². The van der Waals surface area contributed by atoms with Crippen molar-refractivity contribution in [1.29, 1.82) is 0 Å². The van der Waals surface area contributed by atoms with Crippen LogP contribution < -0.4 is 9.64 Å². The highest BCUT2D eigenvalue weighted by atomic mass is 35.5. The number of carbonyl (C=O) groups excluding carboxylic acids is 1. The van der Waals surface area contributed by atoms with Crippen molar-refractivity contribution < 1.29 is 9.53 Å². The topological polar surface area (TPSA) is 71.5 Å². The van der Waals surface area contributed by atoms with E-state index >= 15 is 0 Å². The fourth-order valence-corrected chi connectivity index (χ4v) is 2.10. The standard InChI is InChI=1S/C12H18ClN5O2/c1-8(2)20-12-15-10(13)14-11(16-12)18-6-4-17(5-7-18)9(3)19/h8H,4-7H2,1-3H3. The zero-order valence-electron chi connectivity index (χ0n) is 11.8. The number of ether oxygens (including phenoxy) is 1. The average Bonchev–Trinajstić information content (AvgIpc) is 2.37. The second kappa shape index (κ2) is 6.21. The van der Waals surface area contributed by atoms with Gasteiger partial charge in [0.2, 0.25) is 17.1 Å². The number of amides is 1. The first kappa shape index (κ1) is 14.8. The van der Waals surface area contributed by atoms with Gasteiger partial charge in [0, 0.05) is 33.1 Å². The zero-order valence-corrected chi connectivity index (χ0v) is 12.6. The predicted molar refractivity (Wildman–Crippen MR) is 75.1 cm³/mol. The van der Waals surface area contributed by atoms with Crippen molar-refractivity contribution in [2.45, 2.75) is 26.9 Å². The third kappa shape index (κ3) is 3.69. The molecule has 7 nitrogen and oxygen atoms in total. The van der Waals surface area contributed by atoms with Gasteiger partial charge >= 0.3 is 6.01 Å². The molecule has 0 saturated carbocycles. The number of aromatic nitrogens is 3. The first-order chi connectivity index (χ1) is 9.45. The molecule has 20 heavy (non-hydrogen) atoms. The van der Waals surface area contributed by atoms with E-state index in [4.69, 9.17) is 16.3 Å². The third-order valence-corrected chi connectivity index (χ3v) is 3.09. The molecule has 0 bridgehead atoms. The van der Waals surface area contributed by atoms with Crippen LogP contribution >= 0.6 is 11.6 Å². The summed E-state index contributed by atoms with van der Waals surface area (Å²) in [7, 11) is 0. The lowest BCUT2D eigenvalue weighted by molar-refractivity contribution is -0.129. The Labute approximate surface area is 122 Å². The largest absolute Gasteiger partial charge is 0.461 e. The summed E-state index contributed by atoms with van der Waals surface area (Å²) >= 11 is 5.90. The first-order valence-corrected chi connectivity index (χ1v) is 6.92. The molecule has 1 aromatic heterocycles. The minimum absolute atomic E-state index is 0.0316. The van der Waals surface area contributed by atoms with Crippen LogP contribution in [-0.4, -0.2) is 58.0 Å². The summed E-state index contributed by atoms with van der Waals surface area (Å²) in [6, 6.07) is 0.226. The summed E-state index contributed by atoms with van der Waals surface area (Å²) in [5, 5.41) is 0.111. The molecule has 0 N–H and O–H groups in total. The number of hydrogen-bond acceptors (Lipinski definition) is 6. The van der Waals surface area contributed by atoms with Gasteiger partial charge in [-0.15, -0.1) is 0 Å². The lowest BCUT2D eigenvalue weighted by atomic mass is 10.3. The maximum atomic E-state index is 11.3. The number of hydrogen-bond donors (Lipinski definition) is 0. The molecule has 1 saturated heterocycles. The maximum absolute atomic E-state index is 11.3. The Balaban J connectivity index is 2.09. The summed E-state index contributed by atoms with van der Waals surface area (Å²) < 4.78 is 5.45. The quantitative estimate of drug-likeness (QED) is 0.828. The number of rotatable bonds is 3. The minimum atomic E-state index is -0.0316.